The minimum atomic E-state index is -0.140. The van der Waals surface area contributed by atoms with Gasteiger partial charge in [0.2, 0.25) is 6.79 Å². The van der Waals surface area contributed by atoms with Crippen LogP contribution >= 0.6 is 0 Å². The fourth-order valence-electron chi connectivity index (χ4n) is 3.32. The van der Waals surface area contributed by atoms with Crippen LogP contribution in [0.2, 0.25) is 0 Å². The zero-order valence-corrected chi connectivity index (χ0v) is 15.3. The molecule has 0 atom stereocenters. The molecule has 2 aliphatic heterocycles. The van der Waals surface area contributed by atoms with Crippen LogP contribution in [-0.4, -0.2) is 43.8 Å². The fourth-order valence-corrected chi connectivity index (χ4v) is 3.32. The molecule has 27 heavy (non-hydrogen) atoms. The lowest BCUT2D eigenvalue weighted by Crippen LogP contribution is -2.25. The van der Waals surface area contributed by atoms with Gasteiger partial charge < -0.3 is 19.5 Å². The number of carbonyl (C=O) groups is 1. The molecular formula is C21H24N2O4. The van der Waals surface area contributed by atoms with E-state index in [0.29, 0.717) is 30.2 Å². The molecule has 2 aromatic carbocycles. The lowest BCUT2D eigenvalue weighted by molar-refractivity contribution is 0.0950. The Labute approximate surface area is 159 Å². The fraction of sp³-hybridized carbons (Fsp3) is 0.381. The highest BCUT2D eigenvalue weighted by Crippen LogP contribution is 2.32. The van der Waals surface area contributed by atoms with Crippen LogP contribution in [-0.2, 0) is 6.54 Å². The van der Waals surface area contributed by atoms with Gasteiger partial charge in [0.05, 0.1) is 0 Å². The van der Waals surface area contributed by atoms with Gasteiger partial charge in [-0.2, -0.15) is 0 Å². The van der Waals surface area contributed by atoms with Gasteiger partial charge in [-0.05, 0) is 61.8 Å². The van der Waals surface area contributed by atoms with Crippen molar-refractivity contribution < 1.29 is 19.0 Å². The molecule has 142 valence electrons. The first-order valence-electron chi connectivity index (χ1n) is 9.40. The summed E-state index contributed by atoms with van der Waals surface area (Å²) in [7, 11) is 0. The molecule has 0 unspecified atom stereocenters. The van der Waals surface area contributed by atoms with Crippen LogP contribution in [0.1, 0.15) is 28.8 Å². The number of hydrogen-bond donors (Lipinski definition) is 1. The first-order valence-corrected chi connectivity index (χ1v) is 9.40. The molecule has 4 rings (SSSR count). The molecule has 2 aliphatic rings. The first-order chi connectivity index (χ1) is 13.3. The molecule has 1 amide bonds. The van der Waals surface area contributed by atoms with Gasteiger partial charge in [-0.3, -0.25) is 9.69 Å². The molecule has 0 aliphatic carbocycles. The molecule has 2 heterocycles. The van der Waals surface area contributed by atoms with E-state index in [-0.39, 0.29) is 12.7 Å². The molecular weight excluding hydrogens is 344 g/mol. The molecule has 6 heteroatoms. The second kappa shape index (κ2) is 8.31. The number of rotatable bonds is 7. The van der Waals surface area contributed by atoms with Crippen LogP contribution in [0.15, 0.2) is 42.5 Å². The van der Waals surface area contributed by atoms with E-state index in [1.54, 1.807) is 18.2 Å². The quantitative estimate of drug-likeness (QED) is 0.814. The predicted octanol–water partition coefficient (Wildman–Crippen LogP) is 2.82. The monoisotopic (exact) mass is 368 g/mol. The minimum Gasteiger partial charge on any atom is -0.492 e. The van der Waals surface area contributed by atoms with Crippen molar-refractivity contribution in [3.63, 3.8) is 0 Å². The van der Waals surface area contributed by atoms with Crippen LogP contribution in [0, 0.1) is 0 Å². The standard InChI is InChI=1S/C21H24N2O4/c24-21(17-5-8-19-20(13-17)27-15-26-19)22-14-16-3-6-18(7-4-16)25-12-11-23-9-1-2-10-23/h3-8,13H,1-2,9-12,14-15H2,(H,22,24). The second-order valence-corrected chi connectivity index (χ2v) is 6.79. The van der Waals surface area contributed by atoms with Gasteiger partial charge in [-0.1, -0.05) is 12.1 Å². The maximum Gasteiger partial charge on any atom is 0.251 e. The lowest BCUT2D eigenvalue weighted by Gasteiger charge is -2.15. The highest BCUT2D eigenvalue weighted by atomic mass is 16.7. The zero-order valence-electron chi connectivity index (χ0n) is 15.3. The second-order valence-electron chi connectivity index (χ2n) is 6.79. The summed E-state index contributed by atoms with van der Waals surface area (Å²) in [6.07, 6.45) is 2.60. The SMILES string of the molecule is O=C(NCc1ccc(OCCN2CCCC2)cc1)c1ccc2c(c1)OCO2. The largest absolute Gasteiger partial charge is 0.492 e. The summed E-state index contributed by atoms with van der Waals surface area (Å²) < 4.78 is 16.4. The van der Waals surface area contributed by atoms with Gasteiger partial charge in [0.15, 0.2) is 11.5 Å². The maximum absolute atomic E-state index is 12.3. The van der Waals surface area contributed by atoms with Crippen LogP contribution < -0.4 is 19.5 Å². The molecule has 1 fully saturated rings. The summed E-state index contributed by atoms with van der Waals surface area (Å²) in [5.41, 5.74) is 1.58. The first kappa shape index (κ1) is 17.7. The third-order valence-electron chi connectivity index (χ3n) is 4.89. The van der Waals surface area contributed by atoms with Crippen molar-refractivity contribution in [1.29, 1.82) is 0 Å². The predicted molar refractivity (Wildman–Crippen MR) is 101 cm³/mol. The number of hydrogen-bond acceptors (Lipinski definition) is 5. The van der Waals surface area contributed by atoms with E-state index in [1.165, 1.54) is 25.9 Å². The molecule has 6 nitrogen and oxygen atoms in total. The normalized spacial score (nSPS) is 15.7. The molecule has 1 N–H and O–H groups in total. The molecule has 0 aromatic heterocycles. The lowest BCUT2D eigenvalue weighted by atomic mass is 10.1. The van der Waals surface area contributed by atoms with E-state index >= 15 is 0 Å². The van der Waals surface area contributed by atoms with E-state index < -0.39 is 0 Å². The van der Waals surface area contributed by atoms with Crippen molar-refractivity contribution in [3.8, 4) is 17.2 Å². The molecule has 2 aromatic rings. The number of carbonyl (C=O) groups excluding carboxylic acids is 1. The topological polar surface area (TPSA) is 60.0 Å². The van der Waals surface area contributed by atoms with Crippen molar-refractivity contribution in [2.75, 3.05) is 33.0 Å². The Morgan fingerprint density at radius 3 is 2.63 bits per heavy atom. The van der Waals surface area contributed by atoms with Gasteiger partial charge in [0, 0.05) is 18.7 Å². The van der Waals surface area contributed by atoms with Crippen LogP contribution in [0.3, 0.4) is 0 Å². The van der Waals surface area contributed by atoms with Gasteiger partial charge in [-0.25, -0.2) is 0 Å². The summed E-state index contributed by atoms with van der Waals surface area (Å²) >= 11 is 0. The Balaban J connectivity index is 1.24. The summed E-state index contributed by atoms with van der Waals surface area (Å²) in [5.74, 6) is 2.00. The zero-order chi connectivity index (χ0) is 18.5. The molecule has 0 spiro atoms. The number of ether oxygens (including phenoxy) is 3. The third-order valence-corrected chi connectivity index (χ3v) is 4.89. The van der Waals surface area contributed by atoms with E-state index in [0.717, 1.165) is 17.9 Å². The summed E-state index contributed by atoms with van der Waals surface area (Å²) in [5, 5.41) is 2.92. The van der Waals surface area contributed by atoms with Gasteiger partial charge in [0.1, 0.15) is 12.4 Å². The van der Waals surface area contributed by atoms with E-state index in [9.17, 15) is 4.79 Å². The number of fused-ring (bicyclic) bond motifs is 1. The Morgan fingerprint density at radius 2 is 1.81 bits per heavy atom. The average molecular weight is 368 g/mol. The highest BCUT2D eigenvalue weighted by molar-refractivity contribution is 5.94. The number of likely N-dealkylation sites (tertiary alicyclic amines) is 1. The van der Waals surface area contributed by atoms with Crippen LogP contribution in [0.5, 0.6) is 17.2 Å². The van der Waals surface area contributed by atoms with Gasteiger partial charge in [-0.15, -0.1) is 0 Å². The Kier molecular flexibility index (Phi) is 5.44. The van der Waals surface area contributed by atoms with Crippen molar-refractivity contribution in [3.05, 3.63) is 53.6 Å². The molecule has 0 bridgehead atoms. The Hall–Kier alpha value is -2.73. The third kappa shape index (κ3) is 4.52. The Morgan fingerprint density at radius 1 is 1.04 bits per heavy atom. The van der Waals surface area contributed by atoms with Crippen molar-refractivity contribution in [2.45, 2.75) is 19.4 Å². The smallest absolute Gasteiger partial charge is 0.251 e. The number of benzene rings is 2. The average Bonchev–Trinajstić information content (AvgIpc) is 3.38. The molecule has 0 saturated carbocycles. The summed E-state index contributed by atoms with van der Waals surface area (Å²) in [6.45, 7) is 4.72. The maximum atomic E-state index is 12.3. The van der Waals surface area contributed by atoms with E-state index in [1.807, 2.05) is 24.3 Å². The summed E-state index contributed by atoms with van der Waals surface area (Å²) in [4.78, 5) is 14.7. The molecule has 1 saturated heterocycles. The van der Waals surface area contributed by atoms with Crippen molar-refractivity contribution in [2.24, 2.45) is 0 Å². The number of amides is 1. The van der Waals surface area contributed by atoms with Crippen LogP contribution in [0.4, 0.5) is 0 Å². The number of nitrogens with zero attached hydrogens (tertiary/aromatic N) is 1. The van der Waals surface area contributed by atoms with Crippen LogP contribution in [0.25, 0.3) is 0 Å². The van der Waals surface area contributed by atoms with Crippen molar-refractivity contribution >= 4 is 5.91 Å². The number of nitrogens with one attached hydrogen (secondary N) is 1. The molecule has 0 radical (unpaired) electrons. The minimum absolute atomic E-state index is 0.140. The highest BCUT2D eigenvalue weighted by Gasteiger charge is 2.16. The van der Waals surface area contributed by atoms with Crippen molar-refractivity contribution in [1.82, 2.24) is 10.2 Å². The summed E-state index contributed by atoms with van der Waals surface area (Å²) in [6, 6.07) is 13.1. The van der Waals surface area contributed by atoms with E-state index in [2.05, 4.69) is 10.2 Å². The van der Waals surface area contributed by atoms with E-state index in [4.69, 9.17) is 14.2 Å². The van der Waals surface area contributed by atoms with Gasteiger partial charge in [0.25, 0.3) is 5.91 Å². The Bertz CT molecular complexity index is 785. The van der Waals surface area contributed by atoms with Gasteiger partial charge >= 0.3 is 0 Å².